The van der Waals surface area contributed by atoms with Gasteiger partial charge in [0.2, 0.25) is 5.91 Å². The quantitative estimate of drug-likeness (QED) is 0.819. The van der Waals surface area contributed by atoms with Gasteiger partial charge in [0, 0.05) is 31.2 Å². The molecule has 0 unspecified atom stereocenters. The molecule has 4 nitrogen and oxygen atoms in total. The summed E-state index contributed by atoms with van der Waals surface area (Å²) in [4.78, 5) is 29.7. The molecule has 140 valence electrons. The van der Waals surface area contributed by atoms with Gasteiger partial charge in [-0.3, -0.25) is 9.59 Å². The summed E-state index contributed by atoms with van der Waals surface area (Å²) in [7, 11) is 1.93. The highest BCUT2D eigenvalue weighted by molar-refractivity contribution is 5.95. The Bertz CT molecular complexity index is 854. The van der Waals surface area contributed by atoms with Gasteiger partial charge in [0.15, 0.2) is 0 Å². The first-order chi connectivity index (χ1) is 13.0. The van der Waals surface area contributed by atoms with Crippen LogP contribution in [0.1, 0.15) is 46.7 Å². The molecule has 2 aliphatic rings. The summed E-state index contributed by atoms with van der Waals surface area (Å²) in [5, 5.41) is 0. The van der Waals surface area contributed by atoms with Crippen LogP contribution in [0, 0.1) is 6.92 Å². The van der Waals surface area contributed by atoms with Crippen molar-refractivity contribution in [1.29, 1.82) is 0 Å². The number of benzene rings is 2. The minimum absolute atomic E-state index is 0.0604. The lowest BCUT2D eigenvalue weighted by molar-refractivity contribution is -0.131. The second kappa shape index (κ2) is 6.84. The summed E-state index contributed by atoms with van der Waals surface area (Å²) in [6, 6.07) is 17.8. The number of hydrogen-bond acceptors (Lipinski definition) is 2. The maximum Gasteiger partial charge on any atom is 0.254 e. The fourth-order valence-electron chi connectivity index (χ4n) is 4.67. The van der Waals surface area contributed by atoms with E-state index in [-0.39, 0.29) is 23.3 Å². The van der Waals surface area contributed by atoms with Crippen LogP contribution in [-0.2, 0) is 4.79 Å². The Balaban J connectivity index is 1.49. The summed E-state index contributed by atoms with van der Waals surface area (Å²) >= 11 is 0. The Morgan fingerprint density at radius 2 is 1.63 bits per heavy atom. The van der Waals surface area contributed by atoms with Gasteiger partial charge < -0.3 is 9.80 Å². The van der Waals surface area contributed by atoms with E-state index >= 15 is 0 Å². The van der Waals surface area contributed by atoms with E-state index in [1.54, 1.807) is 0 Å². The molecule has 2 fully saturated rings. The van der Waals surface area contributed by atoms with E-state index in [1.807, 2.05) is 78.4 Å². The maximum absolute atomic E-state index is 12.9. The number of piperidine rings is 1. The van der Waals surface area contributed by atoms with Gasteiger partial charge in [-0.15, -0.1) is 0 Å². The second-order valence-electron chi connectivity index (χ2n) is 7.90. The Hall–Kier alpha value is -2.62. The highest BCUT2D eigenvalue weighted by Gasteiger charge is 2.50. The summed E-state index contributed by atoms with van der Waals surface area (Å²) in [6.07, 6.45) is 2.53. The van der Waals surface area contributed by atoms with E-state index in [0.29, 0.717) is 13.1 Å². The van der Waals surface area contributed by atoms with Gasteiger partial charge in [0.05, 0.1) is 5.92 Å². The van der Waals surface area contributed by atoms with Crippen molar-refractivity contribution in [2.24, 2.45) is 0 Å². The number of likely N-dealkylation sites (tertiary alicyclic amines) is 2. The van der Waals surface area contributed by atoms with Crippen molar-refractivity contribution in [3.05, 3.63) is 71.3 Å². The highest BCUT2D eigenvalue weighted by Crippen LogP contribution is 2.45. The Labute approximate surface area is 160 Å². The SMILES string of the molecule is Cc1ccccc1C(=O)N1CCC2(CC1)C[C@H](c1ccccc1)C(=O)N2C. The number of hydrogen-bond donors (Lipinski definition) is 0. The first kappa shape index (κ1) is 17.8. The third-order valence-electron chi connectivity index (χ3n) is 6.48. The van der Waals surface area contributed by atoms with E-state index in [2.05, 4.69) is 0 Å². The molecule has 2 aliphatic heterocycles. The molecule has 2 saturated heterocycles. The standard InChI is InChI=1S/C23H26N2O2/c1-17-8-6-7-11-19(17)22(27)25-14-12-23(13-15-25)16-20(21(26)24(23)2)18-9-4-3-5-10-18/h3-11,20H,12-16H2,1-2H3/t20-/m1/s1. The van der Waals surface area contributed by atoms with Crippen molar-refractivity contribution in [2.75, 3.05) is 20.1 Å². The molecule has 2 aromatic carbocycles. The normalized spacial score (nSPS) is 21.7. The number of carbonyl (C=O) groups excluding carboxylic acids is 2. The fourth-order valence-corrected chi connectivity index (χ4v) is 4.67. The van der Waals surface area contributed by atoms with Crippen LogP contribution in [0.25, 0.3) is 0 Å². The zero-order valence-electron chi connectivity index (χ0n) is 16.0. The zero-order valence-corrected chi connectivity index (χ0v) is 16.0. The molecule has 0 aromatic heterocycles. The fraction of sp³-hybridized carbons (Fsp3) is 0.391. The van der Waals surface area contributed by atoms with Crippen LogP contribution in [0.4, 0.5) is 0 Å². The number of likely N-dealkylation sites (N-methyl/N-ethyl adjacent to an activating group) is 1. The molecule has 2 heterocycles. The largest absolute Gasteiger partial charge is 0.339 e. The van der Waals surface area contributed by atoms with Crippen LogP contribution in [0.5, 0.6) is 0 Å². The van der Waals surface area contributed by atoms with Crippen molar-refractivity contribution in [3.63, 3.8) is 0 Å². The first-order valence-corrected chi connectivity index (χ1v) is 9.69. The molecule has 4 rings (SSSR count). The summed E-state index contributed by atoms with van der Waals surface area (Å²) in [6.45, 7) is 3.38. The van der Waals surface area contributed by atoms with Crippen LogP contribution in [-0.4, -0.2) is 47.3 Å². The Kier molecular flexibility index (Phi) is 4.50. The smallest absolute Gasteiger partial charge is 0.254 e. The van der Waals surface area contributed by atoms with Crippen molar-refractivity contribution >= 4 is 11.8 Å². The maximum atomic E-state index is 12.9. The van der Waals surface area contributed by atoms with Gasteiger partial charge in [-0.2, -0.15) is 0 Å². The number of nitrogens with zero attached hydrogens (tertiary/aromatic N) is 2. The van der Waals surface area contributed by atoms with Crippen LogP contribution in [0.2, 0.25) is 0 Å². The lowest BCUT2D eigenvalue weighted by Crippen LogP contribution is -2.52. The molecule has 1 spiro atoms. The van der Waals surface area contributed by atoms with E-state index in [1.165, 1.54) is 0 Å². The molecular formula is C23H26N2O2. The third kappa shape index (κ3) is 3.03. The minimum atomic E-state index is -0.125. The van der Waals surface area contributed by atoms with Crippen molar-refractivity contribution in [1.82, 2.24) is 9.80 Å². The zero-order chi connectivity index (χ0) is 19.0. The van der Waals surface area contributed by atoms with E-state index < -0.39 is 0 Å². The van der Waals surface area contributed by atoms with Crippen LogP contribution < -0.4 is 0 Å². The van der Waals surface area contributed by atoms with Gasteiger partial charge in [-0.25, -0.2) is 0 Å². The summed E-state index contributed by atoms with van der Waals surface area (Å²) < 4.78 is 0. The monoisotopic (exact) mass is 362 g/mol. The molecule has 4 heteroatoms. The number of rotatable bonds is 2. The summed E-state index contributed by atoms with van der Waals surface area (Å²) in [5.74, 6) is 0.254. The van der Waals surface area contributed by atoms with Gasteiger partial charge in [-0.05, 0) is 43.4 Å². The molecule has 27 heavy (non-hydrogen) atoms. The predicted octanol–water partition coefficient (Wildman–Crippen LogP) is 3.62. The third-order valence-corrected chi connectivity index (χ3v) is 6.48. The van der Waals surface area contributed by atoms with Crippen molar-refractivity contribution < 1.29 is 9.59 Å². The van der Waals surface area contributed by atoms with Gasteiger partial charge in [0.25, 0.3) is 5.91 Å². The van der Waals surface area contributed by atoms with Gasteiger partial charge in [-0.1, -0.05) is 48.5 Å². The molecule has 2 amide bonds. The lowest BCUT2D eigenvalue weighted by Gasteiger charge is -2.43. The molecule has 0 aliphatic carbocycles. The molecule has 0 radical (unpaired) electrons. The van der Waals surface area contributed by atoms with Crippen LogP contribution >= 0.6 is 0 Å². The topological polar surface area (TPSA) is 40.6 Å². The molecule has 0 N–H and O–H groups in total. The highest BCUT2D eigenvalue weighted by atomic mass is 16.2. The average Bonchev–Trinajstić information content (AvgIpc) is 2.94. The summed E-state index contributed by atoms with van der Waals surface area (Å²) in [5.41, 5.74) is 2.77. The molecule has 2 aromatic rings. The number of amides is 2. The van der Waals surface area contributed by atoms with Crippen LogP contribution in [0.15, 0.2) is 54.6 Å². The van der Waals surface area contributed by atoms with Crippen molar-refractivity contribution in [2.45, 2.75) is 37.6 Å². The van der Waals surface area contributed by atoms with Gasteiger partial charge in [0.1, 0.15) is 0 Å². The van der Waals surface area contributed by atoms with E-state index in [4.69, 9.17) is 0 Å². The van der Waals surface area contributed by atoms with E-state index in [0.717, 1.165) is 36.0 Å². The minimum Gasteiger partial charge on any atom is -0.339 e. The van der Waals surface area contributed by atoms with Crippen molar-refractivity contribution in [3.8, 4) is 0 Å². The molecule has 1 atom stereocenters. The number of carbonyl (C=O) groups is 2. The molecular weight excluding hydrogens is 336 g/mol. The Morgan fingerprint density at radius 1 is 1.00 bits per heavy atom. The second-order valence-corrected chi connectivity index (χ2v) is 7.90. The van der Waals surface area contributed by atoms with Gasteiger partial charge >= 0.3 is 0 Å². The first-order valence-electron chi connectivity index (χ1n) is 9.69. The lowest BCUT2D eigenvalue weighted by atomic mass is 9.81. The van der Waals surface area contributed by atoms with E-state index in [9.17, 15) is 9.59 Å². The van der Waals surface area contributed by atoms with Crippen LogP contribution in [0.3, 0.4) is 0 Å². The average molecular weight is 362 g/mol. The molecule has 0 saturated carbocycles. The number of aryl methyl sites for hydroxylation is 1. The molecule has 0 bridgehead atoms. The predicted molar refractivity (Wildman–Crippen MR) is 106 cm³/mol. The Morgan fingerprint density at radius 3 is 2.30 bits per heavy atom.